The smallest absolute Gasteiger partial charge is 0.269 e. The lowest BCUT2D eigenvalue weighted by atomic mass is 10.1. The van der Waals surface area contributed by atoms with Crippen LogP contribution in [0.15, 0.2) is 42.5 Å². The summed E-state index contributed by atoms with van der Waals surface area (Å²) in [5.41, 5.74) is 3.09. The fourth-order valence-corrected chi connectivity index (χ4v) is 2.34. The maximum atomic E-state index is 10.7. The molecular formula is C16H17ClN2O2. The van der Waals surface area contributed by atoms with Gasteiger partial charge in [0.1, 0.15) is 0 Å². The Hall–Kier alpha value is -2.07. The third-order valence-electron chi connectivity index (χ3n) is 3.28. The van der Waals surface area contributed by atoms with Crippen LogP contribution < -0.4 is 5.32 Å². The van der Waals surface area contributed by atoms with Crippen molar-refractivity contribution in [1.29, 1.82) is 0 Å². The highest BCUT2D eigenvalue weighted by atomic mass is 35.5. The molecule has 0 fully saturated rings. The Labute approximate surface area is 128 Å². The average Bonchev–Trinajstić information content (AvgIpc) is 2.43. The van der Waals surface area contributed by atoms with Gasteiger partial charge in [-0.05, 0) is 49.6 Å². The van der Waals surface area contributed by atoms with E-state index >= 15 is 0 Å². The molecule has 0 aliphatic heterocycles. The Morgan fingerprint density at radius 1 is 1.24 bits per heavy atom. The zero-order valence-corrected chi connectivity index (χ0v) is 12.7. The number of nitrogens with zero attached hydrogens (tertiary/aromatic N) is 1. The lowest BCUT2D eigenvalue weighted by Crippen LogP contribution is -2.18. The van der Waals surface area contributed by atoms with Gasteiger partial charge in [-0.1, -0.05) is 23.7 Å². The molecule has 2 rings (SSSR count). The van der Waals surface area contributed by atoms with Crippen molar-refractivity contribution in [2.24, 2.45) is 0 Å². The van der Waals surface area contributed by atoms with E-state index in [4.69, 9.17) is 11.6 Å². The number of aryl methyl sites for hydroxylation is 1. The molecule has 0 radical (unpaired) electrons. The number of hydrogen-bond donors (Lipinski definition) is 1. The van der Waals surface area contributed by atoms with E-state index in [9.17, 15) is 10.1 Å². The minimum Gasteiger partial charge on any atom is -0.382 e. The van der Waals surface area contributed by atoms with Crippen LogP contribution in [0.1, 0.15) is 18.1 Å². The predicted octanol–water partition coefficient (Wildman–Crippen LogP) is 4.60. The number of nitro groups is 1. The summed E-state index contributed by atoms with van der Waals surface area (Å²) >= 11 is 5.87. The molecule has 5 heteroatoms. The monoisotopic (exact) mass is 304 g/mol. The van der Waals surface area contributed by atoms with E-state index in [-0.39, 0.29) is 16.7 Å². The second-order valence-electron chi connectivity index (χ2n) is 5.13. The van der Waals surface area contributed by atoms with Crippen molar-refractivity contribution in [3.05, 3.63) is 68.7 Å². The molecule has 0 saturated heterocycles. The van der Waals surface area contributed by atoms with Gasteiger partial charge in [0.15, 0.2) is 0 Å². The molecule has 0 bridgehead atoms. The molecule has 0 amide bonds. The zero-order chi connectivity index (χ0) is 15.4. The third-order valence-corrected chi connectivity index (χ3v) is 3.53. The highest BCUT2D eigenvalue weighted by Gasteiger charge is 2.10. The van der Waals surface area contributed by atoms with Crippen molar-refractivity contribution in [3.8, 4) is 0 Å². The quantitative estimate of drug-likeness (QED) is 0.649. The van der Waals surface area contributed by atoms with E-state index in [2.05, 4.69) is 12.2 Å². The summed E-state index contributed by atoms with van der Waals surface area (Å²) in [4.78, 5) is 10.3. The SMILES string of the molecule is Cc1cc([N+](=O)[O-])ccc1NC(C)Cc1ccc(Cl)cc1. The van der Waals surface area contributed by atoms with Crippen LogP contribution in [0.2, 0.25) is 5.02 Å². The molecule has 0 aliphatic carbocycles. The van der Waals surface area contributed by atoms with Crippen LogP contribution in [-0.2, 0) is 6.42 Å². The van der Waals surface area contributed by atoms with E-state index in [1.807, 2.05) is 31.2 Å². The number of rotatable bonds is 5. The van der Waals surface area contributed by atoms with Crippen LogP contribution in [-0.4, -0.2) is 11.0 Å². The summed E-state index contributed by atoms with van der Waals surface area (Å²) in [6, 6.07) is 12.8. The second kappa shape index (κ2) is 6.59. The molecule has 1 unspecified atom stereocenters. The summed E-state index contributed by atoms with van der Waals surface area (Å²) < 4.78 is 0. The van der Waals surface area contributed by atoms with E-state index < -0.39 is 0 Å². The summed E-state index contributed by atoms with van der Waals surface area (Å²) in [6.45, 7) is 3.94. The fraction of sp³-hybridized carbons (Fsp3) is 0.250. The van der Waals surface area contributed by atoms with E-state index in [1.54, 1.807) is 12.1 Å². The summed E-state index contributed by atoms with van der Waals surface area (Å²) in [6.07, 6.45) is 0.855. The maximum Gasteiger partial charge on any atom is 0.269 e. The Morgan fingerprint density at radius 2 is 1.90 bits per heavy atom. The highest BCUT2D eigenvalue weighted by molar-refractivity contribution is 6.30. The number of benzene rings is 2. The molecule has 0 aromatic heterocycles. The number of nitrogens with one attached hydrogen (secondary N) is 1. The number of anilines is 1. The van der Waals surface area contributed by atoms with Gasteiger partial charge in [0.25, 0.3) is 5.69 Å². The Bertz CT molecular complexity index is 641. The van der Waals surface area contributed by atoms with Gasteiger partial charge in [-0.2, -0.15) is 0 Å². The molecular weight excluding hydrogens is 288 g/mol. The molecule has 0 heterocycles. The van der Waals surface area contributed by atoms with Gasteiger partial charge in [0.2, 0.25) is 0 Å². The van der Waals surface area contributed by atoms with Crippen molar-refractivity contribution in [2.75, 3.05) is 5.32 Å². The molecule has 2 aromatic rings. The number of non-ortho nitro benzene ring substituents is 1. The highest BCUT2D eigenvalue weighted by Crippen LogP contribution is 2.22. The summed E-state index contributed by atoms with van der Waals surface area (Å²) in [7, 11) is 0. The Balaban J connectivity index is 2.04. The molecule has 4 nitrogen and oxygen atoms in total. The maximum absolute atomic E-state index is 10.7. The summed E-state index contributed by atoms with van der Waals surface area (Å²) in [5, 5.41) is 14.8. The standard InChI is InChI=1S/C16H17ClN2O2/c1-11-9-15(19(20)21)7-8-16(11)18-12(2)10-13-3-5-14(17)6-4-13/h3-9,12,18H,10H2,1-2H3. The Morgan fingerprint density at radius 3 is 2.48 bits per heavy atom. The van der Waals surface area contributed by atoms with Crippen LogP contribution in [0.5, 0.6) is 0 Å². The van der Waals surface area contributed by atoms with Crippen LogP contribution in [0.3, 0.4) is 0 Å². The van der Waals surface area contributed by atoms with Crippen LogP contribution >= 0.6 is 11.6 Å². The van der Waals surface area contributed by atoms with Gasteiger partial charge in [0, 0.05) is 28.9 Å². The first kappa shape index (κ1) is 15.3. The van der Waals surface area contributed by atoms with Gasteiger partial charge in [-0.25, -0.2) is 0 Å². The van der Waals surface area contributed by atoms with Gasteiger partial charge >= 0.3 is 0 Å². The Kier molecular flexibility index (Phi) is 4.81. The van der Waals surface area contributed by atoms with Gasteiger partial charge in [-0.3, -0.25) is 10.1 Å². The lowest BCUT2D eigenvalue weighted by molar-refractivity contribution is -0.384. The van der Waals surface area contributed by atoms with Gasteiger partial charge in [0.05, 0.1) is 4.92 Å². The predicted molar refractivity (Wildman–Crippen MR) is 86.1 cm³/mol. The van der Waals surface area contributed by atoms with Crippen molar-refractivity contribution in [2.45, 2.75) is 26.3 Å². The van der Waals surface area contributed by atoms with Crippen molar-refractivity contribution >= 4 is 23.0 Å². The molecule has 110 valence electrons. The average molecular weight is 305 g/mol. The van der Waals surface area contributed by atoms with E-state index in [0.717, 1.165) is 22.7 Å². The van der Waals surface area contributed by atoms with Crippen molar-refractivity contribution in [3.63, 3.8) is 0 Å². The van der Waals surface area contributed by atoms with E-state index in [0.29, 0.717) is 0 Å². The van der Waals surface area contributed by atoms with Crippen LogP contribution in [0.4, 0.5) is 11.4 Å². The molecule has 1 atom stereocenters. The number of halogens is 1. The van der Waals surface area contributed by atoms with Crippen molar-refractivity contribution < 1.29 is 4.92 Å². The van der Waals surface area contributed by atoms with Gasteiger partial charge < -0.3 is 5.32 Å². The third kappa shape index (κ3) is 4.20. The second-order valence-corrected chi connectivity index (χ2v) is 5.57. The normalized spacial score (nSPS) is 12.0. The first-order chi connectivity index (χ1) is 9.95. The van der Waals surface area contributed by atoms with Crippen LogP contribution in [0.25, 0.3) is 0 Å². The summed E-state index contributed by atoms with van der Waals surface area (Å²) in [5.74, 6) is 0. The number of hydrogen-bond acceptors (Lipinski definition) is 3. The first-order valence-electron chi connectivity index (χ1n) is 6.71. The largest absolute Gasteiger partial charge is 0.382 e. The van der Waals surface area contributed by atoms with Crippen LogP contribution in [0, 0.1) is 17.0 Å². The van der Waals surface area contributed by atoms with Crippen molar-refractivity contribution in [1.82, 2.24) is 0 Å². The minimum absolute atomic E-state index is 0.114. The zero-order valence-electron chi connectivity index (χ0n) is 12.0. The first-order valence-corrected chi connectivity index (χ1v) is 7.09. The van der Waals surface area contributed by atoms with Gasteiger partial charge in [-0.15, -0.1) is 0 Å². The fourth-order valence-electron chi connectivity index (χ4n) is 2.21. The lowest BCUT2D eigenvalue weighted by Gasteiger charge is -2.17. The topological polar surface area (TPSA) is 55.2 Å². The molecule has 0 spiro atoms. The number of nitro benzene ring substituents is 1. The van der Waals surface area contributed by atoms with E-state index in [1.165, 1.54) is 11.6 Å². The molecule has 1 N–H and O–H groups in total. The molecule has 2 aromatic carbocycles. The minimum atomic E-state index is -0.381. The molecule has 0 aliphatic rings. The molecule has 21 heavy (non-hydrogen) atoms. The molecule has 0 saturated carbocycles.